The molecule has 2 aromatic carbocycles. The summed E-state index contributed by atoms with van der Waals surface area (Å²) >= 11 is 0. The van der Waals surface area contributed by atoms with E-state index >= 15 is 0 Å². The fraction of sp³-hybridized carbons (Fsp3) is 0.259. The monoisotopic (exact) mass is 439 g/mol. The lowest BCUT2D eigenvalue weighted by molar-refractivity contribution is 0.0909. The minimum atomic E-state index is -0.0703. The SMILES string of the molecule is Cc1cccc(-n2ncc(C(=O)NC3CCN(Cc4ccccc4)CC3)c2-n2cccc2)c1. The van der Waals surface area contributed by atoms with Crippen LogP contribution in [0, 0.1) is 6.92 Å². The van der Waals surface area contributed by atoms with E-state index in [9.17, 15) is 4.79 Å². The summed E-state index contributed by atoms with van der Waals surface area (Å²) in [7, 11) is 0. The lowest BCUT2D eigenvalue weighted by Gasteiger charge is -2.32. The van der Waals surface area contributed by atoms with Crippen molar-refractivity contribution in [2.24, 2.45) is 0 Å². The summed E-state index contributed by atoms with van der Waals surface area (Å²) in [6, 6.07) is 22.8. The number of carbonyl (C=O) groups is 1. The fourth-order valence-corrected chi connectivity index (χ4v) is 4.52. The molecule has 168 valence electrons. The number of likely N-dealkylation sites (tertiary alicyclic amines) is 1. The number of piperidine rings is 1. The summed E-state index contributed by atoms with van der Waals surface area (Å²) < 4.78 is 3.79. The van der Waals surface area contributed by atoms with Gasteiger partial charge in [-0.15, -0.1) is 0 Å². The molecule has 1 N–H and O–H groups in total. The zero-order chi connectivity index (χ0) is 22.6. The molecule has 1 fully saturated rings. The van der Waals surface area contributed by atoms with E-state index in [0.29, 0.717) is 5.56 Å². The molecular weight excluding hydrogens is 410 g/mol. The second kappa shape index (κ2) is 9.46. The van der Waals surface area contributed by atoms with Crippen LogP contribution >= 0.6 is 0 Å². The molecule has 0 radical (unpaired) electrons. The van der Waals surface area contributed by atoms with Crippen molar-refractivity contribution in [2.75, 3.05) is 13.1 Å². The number of benzene rings is 2. The summed E-state index contributed by atoms with van der Waals surface area (Å²) in [6.07, 6.45) is 7.47. The molecule has 0 saturated carbocycles. The normalized spacial score (nSPS) is 14.9. The van der Waals surface area contributed by atoms with Gasteiger partial charge in [-0.05, 0) is 55.2 Å². The maximum atomic E-state index is 13.3. The molecule has 2 aromatic heterocycles. The van der Waals surface area contributed by atoms with Crippen molar-refractivity contribution in [3.63, 3.8) is 0 Å². The van der Waals surface area contributed by atoms with Gasteiger partial charge in [0.25, 0.3) is 5.91 Å². The summed E-state index contributed by atoms with van der Waals surface area (Å²) in [4.78, 5) is 15.8. The van der Waals surface area contributed by atoms with Gasteiger partial charge in [0.1, 0.15) is 5.56 Å². The number of nitrogens with one attached hydrogen (secondary N) is 1. The van der Waals surface area contributed by atoms with Crippen LogP contribution in [-0.4, -0.2) is 44.3 Å². The number of nitrogens with zero attached hydrogens (tertiary/aromatic N) is 4. The van der Waals surface area contributed by atoms with Crippen molar-refractivity contribution >= 4 is 5.91 Å². The first-order chi connectivity index (χ1) is 16.2. The Kier molecular flexibility index (Phi) is 6.09. The Bertz CT molecular complexity index is 1200. The van der Waals surface area contributed by atoms with Crippen LogP contribution in [0.15, 0.2) is 85.3 Å². The molecule has 1 saturated heterocycles. The summed E-state index contributed by atoms with van der Waals surface area (Å²) in [5.74, 6) is 0.684. The largest absolute Gasteiger partial charge is 0.349 e. The lowest BCUT2D eigenvalue weighted by Crippen LogP contribution is -2.44. The van der Waals surface area contributed by atoms with Crippen molar-refractivity contribution in [1.82, 2.24) is 24.6 Å². The van der Waals surface area contributed by atoms with Crippen LogP contribution < -0.4 is 5.32 Å². The van der Waals surface area contributed by atoms with Crippen LogP contribution in [-0.2, 0) is 6.54 Å². The molecule has 0 aliphatic carbocycles. The van der Waals surface area contributed by atoms with E-state index in [0.717, 1.165) is 49.5 Å². The Labute approximate surface area is 194 Å². The zero-order valence-corrected chi connectivity index (χ0v) is 18.9. The standard InChI is InChI=1S/C27H29N5O/c1-21-8-7-11-24(18-21)32-27(31-14-5-6-15-31)25(19-28-32)26(33)29-23-12-16-30(17-13-23)20-22-9-3-2-4-10-22/h2-11,14-15,18-19,23H,12-13,16-17,20H2,1H3,(H,29,33). The molecule has 0 spiro atoms. The number of aryl methyl sites for hydroxylation is 1. The predicted octanol–water partition coefficient (Wildman–Crippen LogP) is 4.37. The second-order valence-electron chi connectivity index (χ2n) is 8.73. The van der Waals surface area contributed by atoms with Gasteiger partial charge >= 0.3 is 0 Å². The molecule has 1 aliphatic rings. The Hall–Kier alpha value is -3.64. The van der Waals surface area contributed by atoms with Crippen molar-refractivity contribution in [3.05, 3.63) is 102 Å². The predicted molar refractivity (Wildman–Crippen MR) is 130 cm³/mol. The molecule has 1 amide bonds. The Morgan fingerprint density at radius 1 is 1.00 bits per heavy atom. The highest BCUT2D eigenvalue weighted by atomic mass is 16.1. The van der Waals surface area contributed by atoms with Gasteiger partial charge in [0, 0.05) is 38.1 Å². The molecule has 0 bridgehead atoms. The number of hydrogen-bond acceptors (Lipinski definition) is 3. The molecule has 1 aliphatic heterocycles. The minimum Gasteiger partial charge on any atom is -0.349 e. The molecule has 0 unspecified atom stereocenters. The third-order valence-electron chi connectivity index (χ3n) is 6.26. The molecule has 33 heavy (non-hydrogen) atoms. The molecule has 3 heterocycles. The fourth-order valence-electron chi connectivity index (χ4n) is 4.52. The van der Waals surface area contributed by atoms with Gasteiger partial charge < -0.3 is 9.88 Å². The van der Waals surface area contributed by atoms with Crippen LogP contribution in [0.2, 0.25) is 0 Å². The van der Waals surface area contributed by atoms with E-state index in [4.69, 9.17) is 0 Å². The third kappa shape index (κ3) is 4.76. The third-order valence-corrected chi connectivity index (χ3v) is 6.26. The van der Waals surface area contributed by atoms with E-state index in [1.807, 2.05) is 52.0 Å². The van der Waals surface area contributed by atoms with E-state index < -0.39 is 0 Å². The van der Waals surface area contributed by atoms with Crippen LogP contribution in [0.1, 0.15) is 34.3 Å². The lowest BCUT2D eigenvalue weighted by atomic mass is 10.0. The maximum Gasteiger partial charge on any atom is 0.256 e. The van der Waals surface area contributed by atoms with Gasteiger partial charge in [0.15, 0.2) is 5.82 Å². The van der Waals surface area contributed by atoms with Crippen LogP contribution in [0.4, 0.5) is 0 Å². The van der Waals surface area contributed by atoms with Gasteiger partial charge in [-0.2, -0.15) is 5.10 Å². The highest BCUT2D eigenvalue weighted by molar-refractivity contribution is 5.97. The Balaban J connectivity index is 1.30. The molecule has 6 heteroatoms. The van der Waals surface area contributed by atoms with Gasteiger partial charge in [0.05, 0.1) is 11.9 Å². The average molecular weight is 440 g/mol. The molecular formula is C27H29N5O. The number of aromatic nitrogens is 3. The van der Waals surface area contributed by atoms with Crippen molar-refractivity contribution < 1.29 is 4.79 Å². The highest BCUT2D eigenvalue weighted by Crippen LogP contribution is 2.21. The second-order valence-corrected chi connectivity index (χ2v) is 8.73. The maximum absolute atomic E-state index is 13.3. The van der Waals surface area contributed by atoms with Crippen molar-refractivity contribution in [1.29, 1.82) is 0 Å². The van der Waals surface area contributed by atoms with Crippen molar-refractivity contribution in [3.8, 4) is 11.5 Å². The van der Waals surface area contributed by atoms with E-state index in [1.54, 1.807) is 6.20 Å². The van der Waals surface area contributed by atoms with E-state index in [2.05, 4.69) is 58.6 Å². The van der Waals surface area contributed by atoms with Gasteiger partial charge in [0.2, 0.25) is 0 Å². The Morgan fingerprint density at radius 2 is 1.76 bits per heavy atom. The van der Waals surface area contributed by atoms with Crippen LogP contribution in [0.5, 0.6) is 0 Å². The number of amides is 1. The highest BCUT2D eigenvalue weighted by Gasteiger charge is 2.25. The Morgan fingerprint density at radius 3 is 2.48 bits per heavy atom. The van der Waals surface area contributed by atoms with E-state index in [1.165, 1.54) is 5.56 Å². The average Bonchev–Trinajstić information content (AvgIpc) is 3.51. The molecule has 4 aromatic rings. The van der Waals surface area contributed by atoms with Crippen molar-refractivity contribution in [2.45, 2.75) is 32.4 Å². The first-order valence-corrected chi connectivity index (χ1v) is 11.5. The topological polar surface area (TPSA) is 55.1 Å². The quantitative estimate of drug-likeness (QED) is 0.486. The van der Waals surface area contributed by atoms with Gasteiger partial charge in [-0.3, -0.25) is 9.69 Å². The molecule has 0 atom stereocenters. The van der Waals surface area contributed by atoms with Crippen LogP contribution in [0.25, 0.3) is 11.5 Å². The summed E-state index contributed by atoms with van der Waals surface area (Å²) in [5, 5.41) is 7.85. The van der Waals surface area contributed by atoms with Gasteiger partial charge in [-0.1, -0.05) is 42.5 Å². The molecule has 6 nitrogen and oxygen atoms in total. The number of hydrogen-bond donors (Lipinski definition) is 1. The first-order valence-electron chi connectivity index (χ1n) is 11.5. The smallest absolute Gasteiger partial charge is 0.256 e. The number of rotatable bonds is 6. The van der Waals surface area contributed by atoms with Crippen LogP contribution in [0.3, 0.4) is 0 Å². The minimum absolute atomic E-state index is 0.0703. The number of carbonyl (C=O) groups excluding carboxylic acids is 1. The van der Waals surface area contributed by atoms with E-state index in [-0.39, 0.29) is 11.9 Å². The van der Waals surface area contributed by atoms with Gasteiger partial charge in [-0.25, -0.2) is 4.68 Å². The first kappa shape index (κ1) is 21.2. The summed E-state index contributed by atoms with van der Waals surface area (Å²) in [5.41, 5.74) is 4.00. The summed E-state index contributed by atoms with van der Waals surface area (Å²) in [6.45, 7) is 4.97. The zero-order valence-electron chi connectivity index (χ0n) is 18.9. The molecule has 5 rings (SSSR count).